The maximum atomic E-state index is 13.3. The lowest BCUT2D eigenvalue weighted by Crippen LogP contribution is -2.43. The van der Waals surface area contributed by atoms with Gasteiger partial charge >= 0.3 is 0 Å². The number of benzene rings is 1. The second-order valence-electron chi connectivity index (χ2n) is 7.75. The van der Waals surface area contributed by atoms with Gasteiger partial charge in [0, 0.05) is 7.11 Å². The van der Waals surface area contributed by atoms with Gasteiger partial charge in [-0.25, -0.2) is 0 Å². The van der Waals surface area contributed by atoms with E-state index in [1.807, 2.05) is 20.8 Å². The maximum absolute atomic E-state index is 13.3. The van der Waals surface area contributed by atoms with Crippen LogP contribution in [0.5, 0.6) is 0 Å². The minimum absolute atomic E-state index is 0.0410. The van der Waals surface area contributed by atoms with E-state index >= 15 is 0 Å². The van der Waals surface area contributed by atoms with Gasteiger partial charge in [0.1, 0.15) is 11.5 Å². The third-order valence-electron chi connectivity index (χ3n) is 6.18. The van der Waals surface area contributed by atoms with Crippen molar-refractivity contribution in [1.82, 2.24) is 0 Å². The van der Waals surface area contributed by atoms with E-state index in [0.29, 0.717) is 6.61 Å². The van der Waals surface area contributed by atoms with Gasteiger partial charge in [0.2, 0.25) is 0 Å². The van der Waals surface area contributed by atoms with Crippen molar-refractivity contribution >= 4 is 11.6 Å². The minimum Gasteiger partial charge on any atom is -0.382 e. The highest BCUT2D eigenvalue weighted by Gasteiger charge is 2.69. The largest absolute Gasteiger partial charge is 0.382 e. The number of hydrogen-bond acceptors (Lipinski definition) is 4. The van der Waals surface area contributed by atoms with Crippen LogP contribution in [0.4, 0.5) is 0 Å². The number of carbonyl (C=O) groups is 2. The average molecular weight is 328 g/mol. The highest BCUT2D eigenvalue weighted by Crippen LogP contribution is 2.58. The lowest BCUT2D eigenvalue weighted by Gasteiger charge is -2.30. The summed E-state index contributed by atoms with van der Waals surface area (Å²) in [7, 11) is 1.63. The van der Waals surface area contributed by atoms with E-state index in [2.05, 4.69) is 12.1 Å². The predicted octanol–water partition coefficient (Wildman–Crippen LogP) is 2.66. The monoisotopic (exact) mass is 328 g/mol. The number of fused-ring (bicyclic) bond motifs is 5. The molecule has 3 fully saturated rings. The van der Waals surface area contributed by atoms with Gasteiger partial charge in [0.15, 0.2) is 11.6 Å². The van der Waals surface area contributed by atoms with Crippen LogP contribution >= 0.6 is 0 Å². The van der Waals surface area contributed by atoms with Gasteiger partial charge in [0.05, 0.1) is 24.5 Å². The van der Waals surface area contributed by atoms with Crippen LogP contribution in [0, 0.1) is 32.6 Å². The van der Waals surface area contributed by atoms with E-state index in [-0.39, 0.29) is 29.5 Å². The predicted molar refractivity (Wildman–Crippen MR) is 89.1 cm³/mol. The first-order chi connectivity index (χ1) is 11.4. The first-order valence-electron chi connectivity index (χ1n) is 8.71. The fourth-order valence-corrected chi connectivity index (χ4v) is 5.50. The van der Waals surface area contributed by atoms with Gasteiger partial charge in [-0.15, -0.1) is 0 Å². The number of carbonyl (C=O) groups excluding carboxylic acids is 2. The Morgan fingerprint density at radius 3 is 2.46 bits per heavy atom. The Kier molecular flexibility index (Phi) is 3.49. The Morgan fingerprint density at radius 2 is 1.83 bits per heavy atom. The fraction of sp³-hybridized carbons (Fsp3) is 0.600. The molecule has 1 aromatic rings. The summed E-state index contributed by atoms with van der Waals surface area (Å²) in [6.07, 6.45) is 1.55. The standard InChI is InChI=1S/C20H24O4/c1-10-7-11(2)14(12(3)8-10)16-18(21)15-13-5-6-20(24-13,9-23-4)17(15)19(16)22/h7-8,13,15-17H,5-6,9H2,1-4H3/t13-,15-,16?,17+,20-/m0/s1. The number of rotatable bonds is 3. The number of Topliss-reactive ketones (excluding diaryl/α,β-unsaturated/α-hetero) is 2. The number of ketones is 2. The molecule has 2 bridgehead atoms. The van der Waals surface area contributed by atoms with Crippen molar-refractivity contribution in [1.29, 1.82) is 0 Å². The highest BCUT2D eigenvalue weighted by atomic mass is 16.6. The molecule has 128 valence electrons. The Hall–Kier alpha value is -1.52. The quantitative estimate of drug-likeness (QED) is 0.801. The van der Waals surface area contributed by atoms with Crippen LogP contribution in [0.25, 0.3) is 0 Å². The van der Waals surface area contributed by atoms with Gasteiger partial charge in [-0.2, -0.15) is 0 Å². The molecular weight excluding hydrogens is 304 g/mol. The van der Waals surface area contributed by atoms with Gasteiger partial charge in [0.25, 0.3) is 0 Å². The van der Waals surface area contributed by atoms with Crippen molar-refractivity contribution in [3.8, 4) is 0 Å². The molecule has 1 aromatic carbocycles. The van der Waals surface area contributed by atoms with Gasteiger partial charge in [-0.05, 0) is 50.3 Å². The SMILES string of the molecule is COC[C@]12CC[C@H](O1)[C@@H]1C(=O)C(c3c(C)cc(C)cc3C)C(=O)[C@@H]12. The molecule has 0 radical (unpaired) electrons. The van der Waals surface area contributed by atoms with E-state index in [1.165, 1.54) is 0 Å². The van der Waals surface area contributed by atoms with E-state index in [0.717, 1.165) is 35.1 Å². The maximum Gasteiger partial charge on any atom is 0.154 e. The molecule has 24 heavy (non-hydrogen) atoms. The Morgan fingerprint density at radius 1 is 1.17 bits per heavy atom. The van der Waals surface area contributed by atoms with Crippen LogP contribution in [0.2, 0.25) is 0 Å². The van der Waals surface area contributed by atoms with Crippen LogP contribution in [0.1, 0.15) is 41.0 Å². The smallest absolute Gasteiger partial charge is 0.154 e. The molecule has 5 atom stereocenters. The van der Waals surface area contributed by atoms with Crippen molar-refractivity contribution in [2.45, 2.75) is 51.2 Å². The first kappa shape index (κ1) is 16.0. The summed E-state index contributed by atoms with van der Waals surface area (Å²) >= 11 is 0. The molecule has 0 N–H and O–H groups in total. The number of ether oxygens (including phenoxy) is 2. The van der Waals surface area contributed by atoms with Crippen LogP contribution in [-0.2, 0) is 19.1 Å². The summed E-state index contributed by atoms with van der Waals surface area (Å²) in [5.41, 5.74) is 3.56. The second kappa shape index (κ2) is 5.24. The summed E-state index contributed by atoms with van der Waals surface area (Å²) in [5.74, 6) is -1.15. The van der Waals surface area contributed by atoms with E-state index in [4.69, 9.17) is 9.47 Å². The van der Waals surface area contributed by atoms with E-state index in [1.54, 1.807) is 7.11 Å². The molecule has 0 aromatic heterocycles. The molecule has 4 nitrogen and oxygen atoms in total. The Labute approximate surface area is 142 Å². The van der Waals surface area contributed by atoms with Gasteiger partial charge in [-0.1, -0.05) is 17.7 Å². The van der Waals surface area contributed by atoms with Crippen molar-refractivity contribution < 1.29 is 19.1 Å². The van der Waals surface area contributed by atoms with Crippen molar-refractivity contribution in [3.63, 3.8) is 0 Å². The summed E-state index contributed by atoms with van der Waals surface area (Å²) in [5, 5.41) is 0. The molecule has 2 heterocycles. The first-order valence-corrected chi connectivity index (χ1v) is 8.71. The van der Waals surface area contributed by atoms with Crippen LogP contribution in [0.3, 0.4) is 0 Å². The summed E-state index contributed by atoms with van der Waals surface area (Å²) < 4.78 is 11.5. The van der Waals surface area contributed by atoms with Crippen molar-refractivity contribution in [2.75, 3.05) is 13.7 Å². The van der Waals surface area contributed by atoms with E-state index < -0.39 is 11.5 Å². The molecule has 0 spiro atoms. The third-order valence-corrected chi connectivity index (χ3v) is 6.18. The lowest BCUT2D eigenvalue weighted by molar-refractivity contribution is -0.132. The van der Waals surface area contributed by atoms with Crippen LogP contribution in [-0.4, -0.2) is 37.0 Å². The summed E-state index contributed by atoms with van der Waals surface area (Å²) in [6.45, 7) is 6.43. The summed E-state index contributed by atoms with van der Waals surface area (Å²) in [4.78, 5) is 26.5. The van der Waals surface area contributed by atoms with Crippen LogP contribution < -0.4 is 0 Å². The highest BCUT2D eigenvalue weighted by molar-refractivity contribution is 6.17. The van der Waals surface area contributed by atoms with Crippen LogP contribution in [0.15, 0.2) is 12.1 Å². The van der Waals surface area contributed by atoms with E-state index in [9.17, 15) is 9.59 Å². The number of methoxy groups -OCH3 is 1. The molecule has 1 unspecified atom stereocenters. The molecule has 4 rings (SSSR count). The van der Waals surface area contributed by atoms with Crippen molar-refractivity contribution in [3.05, 3.63) is 34.4 Å². The fourth-order valence-electron chi connectivity index (χ4n) is 5.50. The molecule has 0 amide bonds. The molecule has 2 aliphatic heterocycles. The van der Waals surface area contributed by atoms with Gasteiger partial charge < -0.3 is 9.47 Å². The number of aryl methyl sites for hydroxylation is 3. The molecular formula is C20H24O4. The zero-order valence-corrected chi connectivity index (χ0v) is 14.7. The zero-order chi connectivity index (χ0) is 17.2. The molecule has 4 heteroatoms. The van der Waals surface area contributed by atoms with Crippen molar-refractivity contribution in [2.24, 2.45) is 11.8 Å². The van der Waals surface area contributed by atoms with Gasteiger partial charge in [-0.3, -0.25) is 9.59 Å². The normalized spacial score (nSPS) is 37.3. The molecule has 2 saturated heterocycles. The topological polar surface area (TPSA) is 52.6 Å². The lowest BCUT2D eigenvalue weighted by atomic mass is 9.73. The molecule has 3 aliphatic rings. The minimum atomic E-state index is -0.624. The Balaban J connectivity index is 1.79. The molecule has 1 aliphatic carbocycles. The third kappa shape index (κ3) is 1.93. The zero-order valence-electron chi connectivity index (χ0n) is 14.7. The summed E-state index contributed by atoms with van der Waals surface area (Å²) in [6, 6.07) is 4.13. The molecule has 1 saturated carbocycles. The second-order valence-corrected chi connectivity index (χ2v) is 7.75. The average Bonchev–Trinajstić information content (AvgIpc) is 3.12. The Bertz CT molecular complexity index is 714. The number of hydrogen-bond donors (Lipinski definition) is 0.